The standard InChI is InChI=1S/C15H18O5/c1-15(2,3)20-14(19)11-6-4-10(5-7-11)8-12(16)9-13(17)18/h4-7H,8-9H2,1-3H3,(H,17,18). The van der Waals surface area contributed by atoms with E-state index in [0.717, 1.165) is 0 Å². The van der Waals surface area contributed by atoms with E-state index in [1.807, 2.05) is 0 Å². The van der Waals surface area contributed by atoms with E-state index in [2.05, 4.69) is 0 Å². The molecular weight excluding hydrogens is 260 g/mol. The Hall–Kier alpha value is -2.17. The van der Waals surface area contributed by atoms with Crippen LogP contribution in [0.1, 0.15) is 43.1 Å². The summed E-state index contributed by atoms with van der Waals surface area (Å²) in [7, 11) is 0. The number of benzene rings is 1. The molecule has 0 spiro atoms. The summed E-state index contributed by atoms with van der Waals surface area (Å²) < 4.78 is 5.21. The maximum absolute atomic E-state index is 11.8. The largest absolute Gasteiger partial charge is 0.481 e. The van der Waals surface area contributed by atoms with E-state index >= 15 is 0 Å². The summed E-state index contributed by atoms with van der Waals surface area (Å²) in [6.45, 7) is 5.34. The summed E-state index contributed by atoms with van der Waals surface area (Å²) >= 11 is 0. The molecule has 0 unspecified atom stereocenters. The molecule has 0 aliphatic carbocycles. The number of Topliss-reactive ketones (excluding diaryl/α,β-unsaturated/α-hetero) is 1. The Balaban J connectivity index is 2.67. The number of carboxylic acids is 1. The van der Waals surface area contributed by atoms with Gasteiger partial charge in [0.1, 0.15) is 17.8 Å². The summed E-state index contributed by atoms with van der Waals surface area (Å²) in [6.07, 6.45) is -0.450. The number of ether oxygens (including phenoxy) is 1. The average molecular weight is 278 g/mol. The fourth-order valence-electron chi connectivity index (χ4n) is 1.55. The van der Waals surface area contributed by atoms with Crippen molar-refractivity contribution in [2.24, 2.45) is 0 Å². The van der Waals surface area contributed by atoms with Crippen molar-refractivity contribution in [1.29, 1.82) is 0 Å². The lowest BCUT2D eigenvalue weighted by atomic mass is 10.1. The van der Waals surface area contributed by atoms with Crippen LogP contribution in [0.4, 0.5) is 0 Å². The van der Waals surface area contributed by atoms with Crippen LogP contribution in [-0.2, 0) is 20.7 Å². The molecule has 5 nitrogen and oxygen atoms in total. The van der Waals surface area contributed by atoms with Crippen LogP contribution in [0.15, 0.2) is 24.3 Å². The average Bonchev–Trinajstić information content (AvgIpc) is 2.26. The van der Waals surface area contributed by atoms with E-state index in [1.54, 1.807) is 45.0 Å². The summed E-state index contributed by atoms with van der Waals surface area (Å²) in [6, 6.07) is 6.38. The van der Waals surface area contributed by atoms with E-state index in [4.69, 9.17) is 9.84 Å². The van der Waals surface area contributed by atoms with Gasteiger partial charge in [-0.1, -0.05) is 12.1 Å². The van der Waals surface area contributed by atoms with Crippen molar-refractivity contribution in [3.8, 4) is 0 Å². The first kappa shape index (κ1) is 15.9. The van der Waals surface area contributed by atoms with Gasteiger partial charge in [0, 0.05) is 6.42 Å². The molecule has 0 fully saturated rings. The van der Waals surface area contributed by atoms with E-state index in [-0.39, 0.29) is 12.2 Å². The smallest absolute Gasteiger partial charge is 0.338 e. The Morgan fingerprint density at radius 3 is 2.10 bits per heavy atom. The number of hydrogen-bond acceptors (Lipinski definition) is 4. The second-order valence-corrected chi connectivity index (χ2v) is 5.48. The zero-order chi connectivity index (χ0) is 15.3. The fourth-order valence-corrected chi connectivity index (χ4v) is 1.55. The van der Waals surface area contributed by atoms with Gasteiger partial charge >= 0.3 is 11.9 Å². The minimum atomic E-state index is -1.14. The van der Waals surface area contributed by atoms with Crippen LogP contribution in [-0.4, -0.2) is 28.4 Å². The molecule has 1 aromatic rings. The van der Waals surface area contributed by atoms with Gasteiger partial charge in [-0.2, -0.15) is 0 Å². The van der Waals surface area contributed by atoms with Crippen molar-refractivity contribution >= 4 is 17.7 Å². The van der Waals surface area contributed by atoms with E-state index < -0.39 is 24.0 Å². The molecule has 0 saturated heterocycles. The van der Waals surface area contributed by atoms with Gasteiger partial charge in [-0.05, 0) is 38.5 Å². The molecule has 0 aromatic heterocycles. The number of hydrogen-bond donors (Lipinski definition) is 1. The van der Waals surface area contributed by atoms with Crippen LogP contribution in [0.25, 0.3) is 0 Å². The summed E-state index contributed by atoms with van der Waals surface area (Å²) in [5.74, 6) is -1.94. The lowest BCUT2D eigenvalue weighted by Crippen LogP contribution is -2.23. The van der Waals surface area contributed by atoms with Crippen LogP contribution >= 0.6 is 0 Å². The number of esters is 1. The first-order chi connectivity index (χ1) is 9.17. The van der Waals surface area contributed by atoms with Crippen molar-refractivity contribution < 1.29 is 24.2 Å². The number of rotatable bonds is 5. The maximum Gasteiger partial charge on any atom is 0.338 e. The third kappa shape index (κ3) is 5.65. The first-order valence-corrected chi connectivity index (χ1v) is 6.23. The summed E-state index contributed by atoms with van der Waals surface area (Å²) in [4.78, 5) is 33.5. The van der Waals surface area contributed by atoms with E-state index in [9.17, 15) is 14.4 Å². The van der Waals surface area contributed by atoms with Gasteiger partial charge in [0.15, 0.2) is 0 Å². The Labute approximate surface area is 117 Å². The maximum atomic E-state index is 11.8. The Bertz CT molecular complexity index is 508. The molecule has 0 amide bonds. The van der Waals surface area contributed by atoms with Gasteiger partial charge in [0.05, 0.1) is 5.56 Å². The van der Waals surface area contributed by atoms with Gasteiger partial charge in [0.2, 0.25) is 0 Å². The number of ketones is 1. The fraction of sp³-hybridized carbons (Fsp3) is 0.400. The molecule has 1 rings (SSSR count). The van der Waals surface area contributed by atoms with Crippen molar-refractivity contribution in [2.45, 2.75) is 39.2 Å². The highest BCUT2D eigenvalue weighted by Crippen LogP contribution is 2.13. The lowest BCUT2D eigenvalue weighted by Gasteiger charge is -2.19. The number of carbonyl (C=O) groups excluding carboxylic acids is 2. The second-order valence-electron chi connectivity index (χ2n) is 5.48. The van der Waals surface area contributed by atoms with E-state index in [1.165, 1.54) is 0 Å². The first-order valence-electron chi connectivity index (χ1n) is 6.23. The molecule has 1 aromatic carbocycles. The van der Waals surface area contributed by atoms with Crippen LogP contribution in [0.5, 0.6) is 0 Å². The third-order valence-electron chi connectivity index (χ3n) is 2.34. The zero-order valence-electron chi connectivity index (χ0n) is 11.8. The second kappa shape index (κ2) is 6.32. The monoisotopic (exact) mass is 278 g/mol. The molecule has 108 valence electrons. The lowest BCUT2D eigenvalue weighted by molar-refractivity contribution is -0.140. The summed E-state index contributed by atoms with van der Waals surface area (Å²) in [5, 5.41) is 8.50. The number of carbonyl (C=O) groups is 3. The number of aliphatic carboxylic acids is 1. The Morgan fingerprint density at radius 2 is 1.65 bits per heavy atom. The molecule has 0 aliphatic heterocycles. The van der Waals surface area contributed by atoms with Crippen molar-refractivity contribution in [1.82, 2.24) is 0 Å². The van der Waals surface area contributed by atoms with Crippen LogP contribution in [0, 0.1) is 0 Å². The molecule has 0 radical (unpaired) electrons. The van der Waals surface area contributed by atoms with Crippen LogP contribution in [0.3, 0.4) is 0 Å². The molecule has 0 aliphatic rings. The highest BCUT2D eigenvalue weighted by molar-refractivity contribution is 5.96. The topological polar surface area (TPSA) is 80.7 Å². The predicted octanol–water partition coefficient (Wildman–Crippen LogP) is 2.23. The SMILES string of the molecule is CC(C)(C)OC(=O)c1ccc(CC(=O)CC(=O)O)cc1. The molecular formula is C15H18O5. The van der Waals surface area contributed by atoms with Gasteiger partial charge in [0.25, 0.3) is 0 Å². The van der Waals surface area contributed by atoms with Gasteiger partial charge in [-0.15, -0.1) is 0 Å². The molecule has 20 heavy (non-hydrogen) atoms. The van der Waals surface area contributed by atoms with Crippen molar-refractivity contribution in [3.05, 3.63) is 35.4 Å². The minimum absolute atomic E-state index is 0.0426. The minimum Gasteiger partial charge on any atom is -0.481 e. The van der Waals surface area contributed by atoms with Gasteiger partial charge < -0.3 is 9.84 Å². The third-order valence-corrected chi connectivity index (χ3v) is 2.34. The van der Waals surface area contributed by atoms with Crippen LogP contribution < -0.4 is 0 Å². The Kier molecular flexibility index (Phi) is 5.02. The molecule has 0 saturated carbocycles. The molecule has 5 heteroatoms. The molecule has 0 heterocycles. The predicted molar refractivity (Wildman–Crippen MR) is 72.6 cm³/mol. The quantitative estimate of drug-likeness (QED) is 0.660. The number of carboxylic acid groups (broad SMARTS) is 1. The molecule has 0 bridgehead atoms. The van der Waals surface area contributed by atoms with Crippen LogP contribution in [0.2, 0.25) is 0 Å². The normalized spacial score (nSPS) is 10.9. The van der Waals surface area contributed by atoms with Gasteiger partial charge in [-0.3, -0.25) is 9.59 Å². The van der Waals surface area contributed by atoms with Crippen molar-refractivity contribution in [3.63, 3.8) is 0 Å². The van der Waals surface area contributed by atoms with Gasteiger partial charge in [-0.25, -0.2) is 4.79 Å². The Morgan fingerprint density at radius 1 is 1.10 bits per heavy atom. The van der Waals surface area contributed by atoms with E-state index in [0.29, 0.717) is 11.1 Å². The highest BCUT2D eigenvalue weighted by Gasteiger charge is 2.17. The van der Waals surface area contributed by atoms with Crippen molar-refractivity contribution in [2.75, 3.05) is 0 Å². The summed E-state index contributed by atoms with van der Waals surface area (Å²) in [5.41, 5.74) is 0.505. The highest BCUT2D eigenvalue weighted by atomic mass is 16.6. The molecule has 1 N–H and O–H groups in total. The molecule has 0 atom stereocenters. The zero-order valence-corrected chi connectivity index (χ0v) is 11.8.